The molecule has 0 saturated carbocycles. The summed E-state index contributed by atoms with van der Waals surface area (Å²) in [5.74, 6) is -0.00540. The van der Waals surface area contributed by atoms with Crippen LogP contribution in [-0.4, -0.2) is 58.3 Å². The van der Waals surface area contributed by atoms with Crippen molar-refractivity contribution >= 4 is 10.0 Å². The van der Waals surface area contributed by atoms with E-state index in [4.69, 9.17) is 0 Å². The van der Waals surface area contributed by atoms with Gasteiger partial charge in [-0.3, -0.25) is 4.90 Å². The SMILES string of the molecule is C=CCS(=O)(=O)NCCN1CCNCC1. The van der Waals surface area contributed by atoms with E-state index in [1.165, 1.54) is 6.08 Å². The number of nitrogens with zero attached hydrogens (tertiary/aromatic N) is 1. The average molecular weight is 233 g/mol. The third-order valence-electron chi connectivity index (χ3n) is 2.30. The fraction of sp³-hybridized carbons (Fsp3) is 0.778. The first-order chi connectivity index (χ1) is 7.14. The quantitative estimate of drug-likeness (QED) is 0.578. The number of rotatable bonds is 6. The van der Waals surface area contributed by atoms with E-state index in [0.29, 0.717) is 6.54 Å². The van der Waals surface area contributed by atoms with Crippen molar-refractivity contribution in [3.05, 3.63) is 12.7 Å². The predicted molar refractivity (Wildman–Crippen MR) is 61.3 cm³/mol. The molecule has 0 aromatic heterocycles. The Hall–Kier alpha value is -0.430. The van der Waals surface area contributed by atoms with Gasteiger partial charge in [-0.25, -0.2) is 13.1 Å². The third kappa shape index (κ3) is 5.27. The molecule has 1 aliphatic rings. The van der Waals surface area contributed by atoms with Gasteiger partial charge in [0.05, 0.1) is 5.75 Å². The van der Waals surface area contributed by atoms with Crippen molar-refractivity contribution in [2.24, 2.45) is 0 Å². The molecular formula is C9H19N3O2S. The lowest BCUT2D eigenvalue weighted by Crippen LogP contribution is -2.46. The van der Waals surface area contributed by atoms with Crippen LogP contribution in [0.4, 0.5) is 0 Å². The molecule has 1 fully saturated rings. The van der Waals surface area contributed by atoms with Gasteiger partial charge in [-0.2, -0.15) is 0 Å². The lowest BCUT2D eigenvalue weighted by atomic mass is 10.3. The van der Waals surface area contributed by atoms with Crippen molar-refractivity contribution in [1.29, 1.82) is 0 Å². The van der Waals surface area contributed by atoms with E-state index in [9.17, 15) is 8.42 Å². The second-order valence-electron chi connectivity index (χ2n) is 3.56. The molecule has 6 heteroatoms. The van der Waals surface area contributed by atoms with Crippen LogP contribution in [-0.2, 0) is 10.0 Å². The molecule has 0 radical (unpaired) electrons. The number of nitrogens with one attached hydrogen (secondary N) is 2. The molecule has 5 nitrogen and oxygen atoms in total. The van der Waals surface area contributed by atoms with Gasteiger partial charge in [0.25, 0.3) is 0 Å². The maximum atomic E-state index is 11.3. The highest BCUT2D eigenvalue weighted by molar-refractivity contribution is 7.89. The molecule has 0 aliphatic carbocycles. The Kier molecular flexibility index (Phi) is 5.24. The minimum absolute atomic E-state index is 0.00540. The Labute approximate surface area is 91.6 Å². The summed E-state index contributed by atoms with van der Waals surface area (Å²) in [6.45, 7) is 8.61. The molecule has 1 heterocycles. The molecule has 2 N–H and O–H groups in total. The smallest absolute Gasteiger partial charge is 0.215 e. The molecule has 0 atom stereocenters. The van der Waals surface area contributed by atoms with Crippen LogP contribution < -0.4 is 10.0 Å². The van der Waals surface area contributed by atoms with Gasteiger partial charge < -0.3 is 5.32 Å². The van der Waals surface area contributed by atoms with E-state index in [2.05, 4.69) is 21.5 Å². The molecule has 0 aromatic carbocycles. The topological polar surface area (TPSA) is 61.4 Å². The van der Waals surface area contributed by atoms with Gasteiger partial charge >= 0.3 is 0 Å². The van der Waals surface area contributed by atoms with Gasteiger partial charge in [-0.05, 0) is 0 Å². The first kappa shape index (κ1) is 12.6. The summed E-state index contributed by atoms with van der Waals surface area (Å²) in [5.41, 5.74) is 0. The van der Waals surface area contributed by atoms with Gasteiger partial charge in [0.1, 0.15) is 0 Å². The molecule has 1 rings (SSSR count). The summed E-state index contributed by atoms with van der Waals surface area (Å²) >= 11 is 0. The maximum absolute atomic E-state index is 11.3. The van der Waals surface area contributed by atoms with Crippen LogP contribution in [0.3, 0.4) is 0 Å². The molecule has 15 heavy (non-hydrogen) atoms. The predicted octanol–water partition coefficient (Wildman–Crippen LogP) is -1.00. The number of hydrogen-bond acceptors (Lipinski definition) is 4. The summed E-state index contributed by atoms with van der Waals surface area (Å²) < 4.78 is 25.1. The minimum atomic E-state index is -3.14. The summed E-state index contributed by atoms with van der Waals surface area (Å²) in [4.78, 5) is 2.24. The fourth-order valence-corrected chi connectivity index (χ4v) is 2.34. The van der Waals surface area contributed by atoms with Crippen molar-refractivity contribution in [1.82, 2.24) is 14.9 Å². The minimum Gasteiger partial charge on any atom is -0.314 e. The summed E-state index contributed by atoms with van der Waals surface area (Å²) in [6, 6.07) is 0. The highest BCUT2D eigenvalue weighted by Crippen LogP contribution is 1.91. The molecule has 0 amide bonds. The Morgan fingerprint density at radius 1 is 1.40 bits per heavy atom. The van der Waals surface area contributed by atoms with Gasteiger partial charge in [0.15, 0.2) is 0 Å². The molecule has 1 saturated heterocycles. The normalized spacial score (nSPS) is 18.9. The van der Waals surface area contributed by atoms with Crippen LogP contribution >= 0.6 is 0 Å². The molecule has 0 aromatic rings. The van der Waals surface area contributed by atoms with Gasteiger partial charge in [-0.15, -0.1) is 6.58 Å². The van der Waals surface area contributed by atoms with Crippen LogP contribution in [0.1, 0.15) is 0 Å². The zero-order valence-electron chi connectivity index (χ0n) is 8.91. The van der Waals surface area contributed by atoms with Crippen molar-refractivity contribution in [2.45, 2.75) is 0 Å². The molecule has 0 spiro atoms. The van der Waals surface area contributed by atoms with Crippen LogP contribution in [0, 0.1) is 0 Å². The van der Waals surface area contributed by atoms with Crippen LogP contribution in [0.25, 0.3) is 0 Å². The number of piperazine rings is 1. The lowest BCUT2D eigenvalue weighted by molar-refractivity contribution is 0.245. The molecule has 1 aliphatic heterocycles. The van der Waals surface area contributed by atoms with Gasteiger partial charge in [0, 0.05) is 39.3 Å². The summed E-state index contributed by atoms with van der Waals surface area (Å²) in [7, 11) is -3.14. The van der Waals surface area contributed by atoms with E-state index in [1.807, 2.05) is 0 Å². The second kappa shape index (κ2) is 6.22. The molecule has 0 unspecified atom stereocenters. The monoisotopic (exact) mass is 233 g/mol. The van der Waals surface area contributed by atoms with Crippen molar-refractivity contribution in [3.8, 4) is 0 Å². The van der Waals surface area contributed by atoms with Crippen molar-refractivity contribution in [2.75, 3.05) is 45.0 Å². The Balaban J connectivity index is 2.17. The van der Waals surface area contributed by atoms with E-state index in [-0.39, 0.29) is 5.75 Å². The summed E-state index contributed by atoms with van der Waals surface area (Å²) in [5, 5.41) is 3.25. The Morgan fingerprint density at radius 2 is 2.07 bits per heavy atom. The number of sulfonamides is 1. The second-order valence-corrected chi connectivity index (χ2v) is 5.41. The maximum Gasteiger partial charge on any atom is 0.215 e. The highest BCUT2D eigenvalue weighted by Gasteiger charge is 2.11. The third-order valence-corrected chi connectivity index (χ3v) is 3.62. The van der Waals surface area contributed by atoms with E-state index >= 15 is 0 Å². The van der Waals surface area contributed by atoms with Crippen LogP contribution in [0.5, 0.6) is 0 Å². The van der Waals surface area contributed by atoms with Crippen molar-refractivity contribution in [3.63, 3.8) is 0 Å². The summed E-state index contributed by atoms with van der Waals surface area (Å²) in [6.07, 6.45) is 1.40. The van der Waals surface area contributed by atoms with Gasteiger partial charge in [-0.1, -0.05) is 6.08 Å². The average Bonchev–Trinajstić information content (AvgIpc) is 2.19. The van der Waals surface area contributed by atoms with E-state index < -0.39 is 10.0 Å². The Bertz CT molecular complexity index is 284. The molecule has 88 valence electrons. The molecule has 0 bridgehead atoms. The lowest BCUT2D eigenvalue weighted by Gasteiger charge is -2.26. The van der Waals surface area contributed by atoms with Crippen molar-refractivity contribution < 1.29 is 8.42 Å². The first-order valence-corrected chi connectivity index (χ1v) is 6.80. The zero-order chi connectivity index (χ0) is 11.1. The van der Waals surface area contributed by atoms with Gasteiger partial charge in [0.2, 0.25) is 10.0 Å². The Morgan fingerprint density at radius 3 is 2.67 bits per heavy atom. The van der Waals surface area contributed by atoms with E-state index in [0.717, 1.165) is 32.7 Å². The largest absolute Gasteiger partial charge is 0.314 e. The zero-order valence-corrected chi connectivity index (χ0v) is 9.72. The molecular weight excluding hydrogens is 214 g/mol. The first-order valence-electron chi connectivity index (χ1n) is 5.15. The number of hydrogen-bond donors (Lipinski definition) is 2. The van der Waals surface area contributed by atoms with Crippen LogP contribution in [0.2, 0.25) is 0 Å². The highest BCUT2D eigenvalue weighted by atomic mass is 32.2. The standard InChI is InChI=1S/C9H19N3O2S/c1-2-9-15(13,14)11-5-8-12-6-3-10-4-7-12/h2,10-11H,1,3-9H2. The fourth-order valence-electron chi connectivity index (χ4n) is 1.51. The van der Waals surface area contributed by atoms with Crippen LogP contribution in [0.15, 0.2) is 12.7 Å². The van der Waals surface area contributed by atoms with E-state index in [1.54, 1.807) is 0 Å².